The lowest BCUT2D eigenvalue weighted by Gasteiger charge is -2.06. The molecule has 2 rings (SSSR count). The van der Waals surface area contributed by atoms with Crippen LogP contribution in [0.15, 0.2) is 31.0 Å². The van der Waals surface area contributed by atoms with Crippen LogP contribution < -0.4 is 5.32 Å². The minimum absolute atomic E-state index is 0.737. The topological polar surface area (TPSA) is 55.6 Å². The van der Waals surface area contributed by atoms with E-state index in [4.69, 9.17) is 0 Å². The molecule has 5 heteroatoms. The molecule has 2 heterocycles. The summed E-state index contributed by atoms with van der Waals surface area (Å²) in [6.45, 7) is 3.69. The maximum Gasteiger partial charge on any atom is 0.115 e. The van der Waals surface area contributed by atoms with Crippen molar-refractivity contribution in [1.82, 2.24) is 19.7 Å². The van der Waals surface area contributed by atoms with Crippen LogP contribution in [0, 0.1) is 0 Å². The zero-order chi connectivity index (χ0) is 10.5. The summed E-state index contributed by atoms with van der Waals surface area (Å²) in [5, 5.41) is 7.43. The second-order valence-corrected chi connectivity index (χ2v) is 3.12. The molecule has 0 saturated heterocycles. The molecule has 0 spiro atoms. The smallest absolute Gasteiger partial charge is 0.115 e. The highest BCUT2D eigenvalue weighted by Gasteiger charge is 1.99. The number of aromatic nitrogens is 4. The van der Waals surface area contributed by atoms with Crippen molar-refractivity contribution in [2.75, 3.05) is 5.32 Å². The third-order valence-corrected chi connectivity index (χ3v) is 2.14. The Morgan fingerprint density at radius 1 is 1.33 bits per heavy atom. The van der Waals surface area contributed by atoms with Gasteiger partial charge in [0.1, 0.15) is 6.33 Å². The van der Waals surface area contributed by atoms with Gasteiger partial charge in [-0.3, -0.25) is 4.68 Å². The average molecular weight is 203 g/mol. The fourth-order valence-electron chi connectivity index (χ4n) is 1.38. The zero-order valence-corrected chi connectivity index (χ0v) is 8.59. The van der Waals surface area contributed by atoms with Gasteiger partial charge in [-0.05, 0) is 13.0 Å². The Morgan fingerprint density at radius 3 is 2.87 bits per heavy atom. The Hall–Kier alpha value is -1.91. The zero-order valence-electron chi connectivity index (χ0n) is 8.59. The summed E-state index contributed by atoms with van der Waals surface area (Å²) in [6, 6.07) is 2.00. The van der Waals surface area contributed by atoms with Crippen LogP contribution in [0.3, 0.4) is 0 Å². The first-order valence-electron chi connectivity index (χ1n) is 4.89. The van der Waals surface area contributed by atoms with E-state index in [1.807, 2.05) is 16.9 Å². The van der Waals surface area contributed by atoms with Crippen molar-refractivity contribution in [1.29, 1.82) is 0 Å². The summed E-state index contributed by atoms with van der Waals surface area (Å²) in [5.41, 5.74) is 2.07. The Labute approximate surface area is 88.2 Å². The van der Waals surface area contributed by atoms with E-state index in [0.29, 0.717) is 0 Å². The highest BCUT2D eigenvalue weighted by molar-refractivity contribution is 5.37. The van der Waals surface area contributed by atoms with Crippen LogP contribution in [0.2, 0.25) is 0 Å². The summed E-state index contributed by atoms with van der Waals surface area (Å²) in [7, 11) is 0. The standard InChI is InChI=1S/C10H13N5/c1-2-15-10(3-4-14-15)7-13-9-5-11-8-12-6-9/h3-6,8,13H,2,7H2,1H3. The molecule has 0 unspecified atom stereocenters. The number of hydrogen-bond donors (Lipinski definition) is 1. The van der Waals surface area contributed by atoms with Gasteiger partial charge in [-0.2, -0.15) is 5.10 Å². The Bertz CT molecular complexity index is 409. The molecule has 15 heavy (non-hydrogen) atoms. The second-order valence-electron chi connectivity index (χ2n) is 3.12. The molecule has 5 nitrogen and oxygen atoms in total. The number of anilines is 1. The van der Waals surface area contributed by atoms with Gasteiger partial charge in [0.05, 0.1) is 30.3 Å². The van der Waals surface area contributed by atoms with Crippen molar-refractivity contribution in [2.45, 2.75) is 20.0 Å². The van der Waals surface area contributed by atoms with Gasteiger partial charge in [0.15, 0.2) is 0 Å². The van der Waals surface area contributed by atoms with E-state index in [-0.39, 0.29) is 0 Å². The van der Waals surface area contributed by atoms with E-state index in [1.54, 1.807) is 12.4 Å². The van der Waals surface area contributed by atoms with E-state index in [9.17, 15) is 0 Å². The van der Waals surface area contributed by atoms with Crippen LogP contribution in [0.5, 0.6) is 0 Å². The molecule has 0 bridgehead atoms. The van der Waals surface area contributed by atoms with Crippen LogP contribution >= 0.6 is 0 Å². The van der Waals surface area contributed by atoms with Crippen molar-refractivity contribution in [3.8, 4) is 0 Å². The maximum absolute atomic E-state index is 4.19. The van der Waals surface area contributed by atoms with Gasteiger partial charge >= 0.3 is 0 Å². The van der Waals surface area contributed by atoms with Crippen LogP contribution in [0.4, 0.5) is 5.69 Å². The summed E-state index contributed by atoms with van der Waals surface area (Å²) >= 11 is 0. The molecule has 0 aliphatic carbocycles. The van der Waals surface area contributed by atoms with Gasteiger partial charge in [0.2, 0.25) is 0 Å². The third kappa shape index (κ3) is 2.31. The monoisotopic (exact) mass is 203 g/mol. The summed E-state index contributed by atoms with van der Waals surface area (Å²) in [6.07, 6.45) is 6.82. The number of hydrogen-bond acceptors (Lipinski definition) is 4. The molecule has 0 atom stereocenters. The first-order chi connectivity index (χ1) is 7.40. The Kier molecular flexibility index (Phi) is 2.92. The first kappa shape index (κ1) is 9.64. The lowest BCUT2D eigenvalue weighted by molar-refractivity contribution is 0.627. The molecule has 2 aromatic rings. The molecule has 0 aliphatic heterocycles. The number of aryl methyl sites for hydroxylation is 1. The molecule has 0 aromatic carbocycles. The SMILES string of the molecule is CCn1nccc1CNc1cncnc1. The average Bonchev–Trinajstić information content (AvgIpc) is 2.75. The molecule has 2 aromatic heterocycles. The molecular formula is C10H13N5. The summed E-state index contributed by atoms with van der Waals surface area (Å²) in [4.78, 5) is 7.86. The van der Waals surface area contributed by atoms with E-state index in [2.05, 4.69) is 27.3 Å². The quantitative estimate of drug-likeness (QED) is 0.813. The molecule has 78 valence electrons. The van der Waals surface area contributed by atoms with Crippen molar-refractivity contribution in [3.63, 3.8) is 0 Å². The van der Waals surface area contributed by atoms with Gasteiger partial charge < -0.3 is 5.32 Å². The van der Waals surface area contributed by atoms with Crippen LogP contribution in [0.25, 0.3) is 0 Å². The lowest BCUT2D eigenvalue weighted by atomic mass is 10.4. The van der Waals surface area contributed by atoms with E-state index < -0.39 is 0 Å². The van der Waals surface area contributed by atoms with Crippen molar-refractivity contribution in [3.05, 3.63) is 36.7 Å². The van der Waals surface area contributed by atoms with Crippen LogP contribution in [-0.4, -0.2) is 19.7 Å². The summed E-state index contributed by atoms with van der Waals surface area (Å²) < 4.78 is 1.96. The molecule has 1 N–H and O–H groups in total. The molecule has 0 aliphatic rings. The third-order valence-electron chi connectivity index (χ3n) is 2.14. The normalized spacial score (nSPS) is 10.2. The predicted octanol–water partition coefficient (Wildman–Crippen LogP) is 1.31. The fourth-order valence-corrected chi connectivity index (χ4v) is 1.38. The summed E-state index contributed by atoms with van der Waals surface area (Å²) in [5.74, 6) is 0. The second kappa shape index (κ2) is 4.54. The number of nitrogens with one attached hydrogen (secondary N) is 1. The maximum atomic E-state index is 4.19. The highest BCUT2D eigenvalue weighted by atomic mass is 15.3. The predicted molar refractivity (Wildman–Crippen MR) is 57.3 cm³/mol. The van der Waals surface area contributed by atoms with Gasteiger partial charge in [-0.1, -0.05) is 0 Å². The van der Waals surface area contributed by atoms with E-state index in [1.165, 1.54) is 6.33 Å². The van der Waals surface area contributed by atoms with Gasteiger partial charge in [-0.15, -0.1) is 0 Å². The minimum atomic E-state index is 0.737. The van der Waals surface area contributed by atoms with Crippen LogP contribution in [0.1, 0.15) is 12.6 Å². The van der Waals surface area contributed by atoms with Crippen LogP contribution in [-0.2, 0) is 13.1 Å². The Morgan fingerprint density at radius 2 is 2.13 bits per heavy atom. The fraction of sp³-hybridized carbons (Fsp3) is 0.300. The lowest BCUT2D eigenvalue weighted by Crippen LogP contribution is -2.07. The van der Waals surface area contributed by atoms with Crippen molar-refractivity contribution < 1.29 is 0 Å². The molecule has 0 radical (unpaired) electrons. The van der Waals surface area contributed by atoms with Crippen molar-refractivity contribution >= 4 is 5.69 Å². The number of rotatable bonds is 4. The number of nitrogens with zero attached hydrogens (tertiary/aromatic N) is 4. The van der Waals surface area contributed by atoms with Crippen molar-refractivity contribution in [2.24, 2.45) is 0 Å². The largest absolute Gasteiger partial charge is 0.377 e. The van der Waals surface area contributed by atoms with E-state index in [0.717, 1.165) is 24.5 Å². The molecule has 0 amide bonds. The van der Waals surface area contributed by atoms with Gasteiger partial charge in [0.25, 0.3) is 0 Å². The molecule has 0 saturated carbocycles. The molecular weight excluding hydrogens is 190 g/mol. The van der Waals surface area contributed by atoms with Gasteiger partial charge in [0, 0.05) is 12.7 Å². The first-order valence-corrected chi connectivity index (χ1v) is 4.89. The Balaban J connectivity index is 1.99. The highest BCUT2D eigenvalue weighted by Crippen LogP contribution is 2.05. The molecule has 0 fully saturated rings. The van der Waals surface area contributed by atoms with Gasteiger partial charge in [-0.25, -0.2) is 9.97 Å². The minimum Gasteiger partial charge on any atom is -0.377 e. The van der Waals surface area contributed by atoms with E-state index >= 15 is 0 Å².